The van der Waals surface area contributed by atoms with Gasteiger partial charge in [-0.15, -0.1) is 0 Å². The molecule has 0 spiro atoms. The Morgan fingerprint density at radius 1 is 1.47 bits per heavy atom. The molecule has 4 nitrogen and oxygen atoms in total. The predicted molar refractivity (Wildman–Crippen MR) is 81.8 cm³/mol. The highest BCUT2D eigenvalue weighted by Gasteiger charge is 2.22. The molecule has 2 aromatic rings. The first-order valence-electron chi connectivity index (χ1n) is 4.91. The van der Waals surface area contributed by atoms with E-state index in [1.54, 1.807) is 29.5 Å². The van der Waals surface area contributed by atoms with Crippen molar-refractivity contribution >= 4 is 61.2 Å². The zero-order valence-electron chi connectivity index (χ0n) is 9.45. The molecule has 0 amide bonds. The normalized spacial score (nSPS) is 11.6. The van der Waals surface area contributed by atoms with E-state index in [9.17, 15) is 12.8 Å². The number of halogens is 3. The van der Waals surface area contributed by atoms with Gasteiger partial charge in [0.25, 0.3) is 10.0 Å². The van der Waals surface area contributed by atoms with Crippen LogP contribution in [0.4, 0.5) is 10.1 Å². The molecule has 0 saturated heterocycles. The second-order valence-corrected chi connectivity index (χ2v) is 8.08. The van der Waals surface area contributed by atoms with Gasteiger partial charge in [0.2, 0.25) is 0 Å². The van der Waals surface area contributed by atoms with Gasteiger partial charge in [0.05, 0.1) is 15.0 Å². The molecule has 0 aliphatic carbocycles. The predicted octanol–water partition coefficient (Wildman–Crippen LogP) is 3.65. The second kappa shape index (κ2) is 5.51. The minimum Gasteiger partial charge on any atom is -0.278 e. The first-order valence-corrected chi connectivity index (χ1v) is 8.66. The topological polar surface area (TPSA) is 59.1 Å². The van der Waals surface area contributed by atoms with E-state index >= 15 is 0 Å². The molecule has 0 fully saturated rings. The van der Waals surface area contributed by atoms with Crippen LogP contribution in [0, 0.1) is 16.3 Å². The summed E-state index contributed by atoms with van der Waals surface area (Å²) in [6, 6.07) is 4.18. The van der Waals surface area contributed by atoms with Gasteiger partial charge in [-0.05, 0) is 41.6 Å². The number of aryl methyl sites for hydroxylation is 1. The SMILES string of the molecule is Cc1nc(Cl)sc1S(=O)(=O)Nc1cccc(F)c1I. The lowest BCUT2D eigenvalue weighted by Gasteiger charge is -2.08. The van der Waals surface area contributed by atoms with Crippen molar-refractivity contribution in [3.63, 3.8) is 0 Å². The fraction of sp³-hybridized carbons (Fsp3) is 0.100. The number of aromatic nitrogens is 1. The summed E-state index contributed by atoms with van der Waals surface area (Å²) < 4.78 is 40.4. The van der Waals surface area contributed by atoms with Crippen LogP contribution in [0.3, 0.4) is 0 Å². The van der Waals surface area contributed by atoms with Crippen molar-refractivity contribution in [2.24, 2.45) is 0 Å². The van der Waals surface area contributed by atoms with Gasteiger partial charge < -0.3 is 0 Å². The number of rotatable bonds is 3. The zero-order chi connectivity index (χ0) is 14.2. The molecule has 0 aliphatic rings. The quantitative estimate of drug-likeness (QED) is 0.753. The third kappa shape index (κ3) is 3.18. The monoisotopic (exact) mass is 432 g/mol. The van der Waals surface area contributed by atoms with E-state index in [1.807, 2.05) is 0 Å². The van der Waals surface area contributed by atoms with Crippen molar-refractivity contribution < 1.29 is 12.8 Å². The number of hydrogen-bond donors (Lipinski definition) is 1. The Labute approximate surface area is 132 Å². The van der Waals surface area contributed by atoms with Gasteiger partial charge in [-0.2, -0.15) is 0 Å². The van der Waals surface area contributed by atoms with Crippen molar-refractivity contribution in [2.45, 2.75) is 11.1 Å². The van der Waals surface area contributed by atoms with E-state index in [-0.39, 0.29) is 17.9 Å². The maximum absolute atomic E-state index is 13.4. The Morgan fingerprint density at radius 3 is 2.74 bits per heavy atom. The van der Waals surface area contributed by atoms with Crippen LogP contribution in [-0.4, -0.2) is 13.4 Å². The Hall–Kier alpha value is -0.450. The summed E-state index contributed by atoms with van der Waals surface area (Å²) in [5, 5.41) is 0. The highest BCUT2D eigenvalue weighted by atomic mass is 127. The van der Waals surface area contributed by atoms with E-state index in [1.165, 1.54) is 18.2 Å². The number of anilines is 1. The van der Waals surface area contributed by atoms with Crippen LogP contribution in [0.15, 0.2) is 22.4 Å². The van der Waals surface area contributed by atoms with Crippen molar-refractivity contribution in [2.75, 3.05) is 4.72 Å². The molecular formula is C10H7ClFIN2O2S2. The lowest BCUT2D eigenvalue weighted by molar-refractivity contribution is 0.602. The molecule has 0 atom stereocenters. The standard InChI is InChI=1S/C10H7ClFIN2O2S2/c1-5-9(18-10(11)14-5)19(16,17)15-7-4-2-3-6(12)8(7)13/h2-4,15H,1H3. The van der Waals surface area contributed by atoms with Crippen molar-refractivity contribution in [1.29, 1.82) is 0 Å². The summed E-state index contributed by atoms with van der Waals surface area (Å²) in [5.74, 6) is -0.486. The van der Waals surface area contributed by atoms with E-state index < -0.39 is 15.8 Å². The Bertz CT molecular complexity index is 733. The molecule has 0 radical (unpaired) electrons. The van der Waals surface area contributed by atoms with Gasteiger partial charge in [0, 0.05) is 0 Å². The molecule has 0 bridgehead atoms. The van der Waals surface area contributed by atoms with Crippen LogP contribution in [0.1, 0.15) is 5.69 Å². The molecule has 0 unspecified atom stereocenters. The van der Waals surface area contributed by atoms with Gasteiger partial charge in [-0.1, -0.05) is 29.0 Å². The van der Waals surface area contributed by atoms with Gasteiger partial charge >= 0.3 is 0 Å². The summed E-state index contributed by atoms with van der Waals surface area (Å²) >= 11 is 8.28. The van der Waals surface area contributed by atoms with E-state index in [0.29, 0.717) is 5.69 Å². The fourth-order valence-electron chi connectivity index (χ4n) is 1.37. The summed E-state index contributed by atoms with van der Waals surface area (Å²) in [7, 11) is -3.81. The summed E-state index contributed by atoms with van der Waals surface area (Å²) in [5.41, 5.74) is 0.499. The third-order valence-electron chi connectivity index (χ3n) is 2.17. The molecule has 0 aliphatic heterocycles. The molecule has 1 N–H and O–H groups in total. The number of nitrogens with zero attached hydrogens (tertiary/aromatic N) is 1. The van der Waals surface area contributed by atoms with Crippen molar-refractivity contribution in [1.82, 2.24) is 4.98 Å². The number of sulfonamides is 1. The van der Waals surface area contributed by atoms with Crippen LogP contribution in [0.5, 0.6) is 0 Å². The first-order chi connectivity index (χ1) is 8.81. The van der Waals surface area contributed by atoms with E-state index in [4.69, 9.17) is 11.6 Å². The van der Waals surface area contributed by atoms with Crippen LogP contribution < -0.4 is 4.72 Å². The molecule has 19 heavy (non-hydrogen) atoms. The number of benzene rings is 1. The zero-order valence-corrected chi connectivity index (χ0v) is 14.0. The highest BCUT2D eigenvalue weighted by Crippen LogP contribution is 2.30. The van der Waals surface area contributed by atoms with Crippen molar-refractivity contribution in [3.8, 4) is 0 Å². The van der Waals surface area contributed by atoms with Gasteiger partial charge in [-0.3, -0.25) is 4.72 Å². The first kappa shape index (κ1) is 14.9. The van der Waals surface area contributed by atoms with Crippen LogP contribution in [-0.2, 0) is 10.0 Å². The van der Waals surface area contributed by atoms with Crippen LogP contribution in [0.25, 0.3) is 0 Å². The molecular weight excluding hydrogens is 426 g/mol. The maximum atomic E-state index is 13.4. The summed E-state index contributed by atoms with van der Waals surface area (Å²) in [4.78, 5) is 3.85. The third-order valence-corrected chi connectivity index (χ3v) is 6.50. The maximum Gasteiger partial charge on any atom is 0.273 e. The summed E-state index contributed by atoms with van der Waals surface area (Å²) in [6.45, 7) is 1.55. The average molecular weight is 433 g/mol. The molecule has 2 rings (SSSR count). The molecule has 0 saturated carbocycles. The van der Waals surface area contributed by atoms with Gasteiger partial charge in [0.15, 0.2) is 8.68 Å². The Morgan fingerprint density at radius 2 is 2.16 bits per heavy atom. The lowest BCUT2D eigenvalue weighted by Crippen LogP contribution is -2.14. The average Bonchev–Trinajstić information content (AvgIpc) is 2.65. The molecule has 1 heterocycles. The molecule has 102 valence electrons. The molecule has 1 aromatic heterocycles. The number of hydrogen-bond acceptors (Lipinski definition) is 4. The highest BCUT2D eigenvalue weighted by molar-refractivity contribution is 14.1. The van der Waals surface area contributed by atoms with E-state index in [0.717, 1.165) is 11.3 Å². The van der Waals surface area contributed by atoms with Crippen molar-refractivity contribution in [3.05, 3.63) is 37.7 Å². The Balaban J connectivity index is 2.42. The smallest absolute Gasteiger partial charge is 0.273 e. The Kier molecular flexibility index (Phi) is 4.33. The van der Waals surface area contributed by atoms with Crippen LogP contribution >= 0.6 is 45.5 Å². The van der Waals surface area contributed by atoms with E-state index in [2.05, 4.69) is 9.71 Å². The lowest BCUT2D eigenvalue weighted by atomic mass is 10.3. The summed E-state index contributed by atoms with van der Waals surface area (Å²) in [6.07, 6.45) is 0. The minimum absolute atomic E-state index is 0.0255. The largest absolute Gasteiger partial charge is 0.278 e. The molecule has 9 heteroatoms. The number of nitrogens with one attached hydrogen (secondary N) is 1. The fourth-order valence-corrected chi connectivity index (χ4v) is 4.86. The second-order valence-electron chi connectivity index (χ2n) is 3.55. The molecule has 1 aromatic carbocycles. The van der Waals surface area contributed by atoms with Crippen LogP contribution in [0.2, 0.25) is 4.47 Å². The number of thiazole rings is 1. The van der Waals surface area contributed by atoms with Gasteiger partial charge in [-0.25, -0.2) is 17.8 Å². The minimum atomic E-state index is -3.81. The van der Waals surface area contributed by atoms with Gasteiger partial charge in [0.1, 0.15) is 5.82 Å².